The highest BCUT2D eigenvalue weighted by atomic mass is 16.6. The van der Waals surface area contributed by atoms with Crippen molar-refractivity contribution in [3.63, 3.8) is 0 Å². The summed E-state index contributed by atoms with van der Waals surface area (Å²) in [4.78, 5) is 75.2. The molecular formula is C38H57N5O11. The Morgan fingerprint density at radius 2 is 1.31 bits per heavy atom. The number of rotatable bonds is 25. The Kier molecular flexibility index (Phi) is 19.8. The van der Waals surface area contributed by atoms with E-state index in [4.69, 9.17) is 24.1 Å². The van der Waals surface area contributed by atoms with Crippen molar-refractivity contribution in [3.05, 3.63) is 42.0 Å². The fourth-order valence-corrected chi connectivity index (χ4v) is 5.89. The Morgan fingerprint density at radius 1 is 0.759 bits per heavy atom. The van der Waals surface area contributed by atoms with Gasteiger partial charge in [0.15, 0.2) is 0 Å². The highest BCUT2D eigenvalue weighted by Crippen LogP contribution is 2.30. The monoisotopic (exact) mass is 759 g/mol. The summed E-state index contributed by atoms with van der Waals surface area (Å²) in [6.07, 6.45) is 5.72. The molecule has 1 saturated carbocycles. The van der Waals surface area contributed by atoms with Crippen molar-refractivity contribution >= 4 is 41.1 Å². The minimum atomic E-state index is -0.848. The molecular weight excluding hydrogens is 702 g/mol. The number of ether oxygens (including phenoxy) is 4. The zero-order valence-corrected chi connectivity index (χ0v) is 31.6. The zero-order chi connectivity index (χ0) is 39.3. The van der Waals surface area contributed by atoms with E-state index >= 15 is 0 Å². The summed E-state index contributed by atoms with van der Waals surface area (Å²) in [5.41, 5.74) is 1.24. The number of anilines is 1. The summed E-state index contributed by atoms with van der Waals surface area (Å²) >= 11 is 0. The molecule has 54 heavy (non-hydrogen) atoms. The molecule has 0 radical (unpaired) electrons. The molecule has 6 amide bonds. The number of carbonyl (C=O) groups is 6. The van der Waals surface area contributed by atoms with Gasteiger partial charge in [0.25, 0.3) is 11.8 Å². The molecule has 1 fully saturated rings. The molecule has 1 aliphatic heterocycles. The molecule has 0 bridgehead atoms. The van der Waals surface area contributed by atoms with Gasteiger partial charge in [0.1, 0.15) is 12.1 Å². The molecule has 2 atom stereocenters. The molecule has 1 unspecified atom stereocenters. The third-order valence-corrected chi connectivity index (χ3v) is 9.12. The maximum absolute atomic E-state index is 12.9. The van der Waals surface area contributed by atoms with Crippen molar-refractivity contribution in [2.75, 3.05) is 71.3 Å². The highest BCUT2D eigenvalue weighted by molar-refractivity contribution is 6.12. The Morgan fingerprint density at radius 3 is 1.87 bits per heavy atom. The van der Waals surface area contributed by atoms with Crippen LogP contribution < -0.4 is 21.3 Å². The maximum atomic E-state index is 12.9. The second-order valence-corrected chi connectivity index (χ2v) is 13.7. The Bertz CT molecular complexity index is 1380. The molecule has 0 aromatic heterocycles. The van der Waals surface area contributed by atoms with Crippen LogP contribution in [-0.4, -0.2) is 123 Å². The lowest BCUT2D eigenvalue weighted by molar-refractivity contribution is -0.138. The van der Waals surface area contributed by atoms with E-state index in [0.29, 0.717) is 64.0 Å². The second-order valence-electron chi connectivity index (χ2n) is 13.7. The highest BCUT2D eigenvalue weighted by Gasteiger charge is 2.31. The minimum absolute atomic E-state index is 0.00525. The van der Waals surface area contributed by atoms with Crippen molar-refractivity contribution in [1.82, 2.24) is 20.9 Å². The predicted octanol–water partition coefficient (Wildman–Crippen LogP) is 1.07. The van der Waals surface area contributed by atoms with Crippen LogP contribution in [0.3, 0.4) is 0 Å². The topological polar surface area (TPSA) is 211 Å². The van der Waals surface area contributed by atoms with Crippen molar-refractivity contribution < 1.29 is 52.8 Å². The molecule has 5 N–H and O–H groups in total. The molecule has 16 nitrogen and oxygen atoms in total. The number of hydrogen-bond acceptors (Lipinski definition) is 11. The summed E-state index contributed by atoms with van der Waals surface area (Å²) < 4.78 is 22.0. The van der Waals surface area contributed by atoms with Gasteiger partial charge in [-0.25, -0.2) is 0 Å². The van der Waals surface area contributed by atoms with Crippen LogP contribution in [0.25, 0.3) is 0 Å². The fourth-order valence-electron chi connectivity index (χ4n) is 5.89. The number of nitrogens with one attached hydrogen (secondary N) is 4. The number of hydrogen-bond donors (Lipinski definition) is 5. The van der Waals surface area contributed by atoms with Gasteiger partial charge in [-0.3, -0.25) is 33.7 Å². The average molecular weight is 760 g/mol. The van der Waals surface area contributed by atoms with Gasteiger partial charge in [-0.1, -0.05) is 26.0 Å². The van der Waals surface area contributed by atoms with Gasteiger partial charge < -0.3 is 45.3 Å². The van der Waals surface area contributed by atoms with E-state index in [0.717, 1.165) is 25.7 Å². The second kappa shape index (κ2) is 24.2. The van der Waals surface area contributed by atoms with Crippen molar-refractivity contribution in [2.45, 2.75) is 71.6 Å². The smallest absolute Gasteiger partial charge is 0.253 e. The first kappa shape index (κ1) is 44.2. The van der Waals surface area contributed by atoms with E-state index in [1.165, 1.54) is 17.1 Å². The lowest BCUT2D eigenvalue weighted by atomic mass is 9.81. The number of aliphatic hydroxyl groups excluding tert-OH is 1. The summed E-state index contributed by atoms with van der Waals surface area (Å²) in [5.74, 6) is -1.82. The molecule has 16 heteroatoms. The first-order chi connectivity index (χ1) is 26.0. The van der Waals surface area contributed by atoms with Crippen LogP contribution in [0.5, 0.6) is 0 Å². The molecule has 0 spiro atoms. The molecule has 1 aromatic rings. The van der Waals surface area contributed by atoms with E-state index in [-0.39, 0.29) is 67.6 Å². The standard InChI is InChI=1S/C38H57N5O11/c1-26(2)35(38(50)40-27(3)36(48)41-31-10-6-29(25-44)7-11-31)42-32(45)14-16-51-18-20-53-22-23-54-21-19-52-17-15-39-37(49)30-8-4-28(5-9-30)24-43-33(46)12-13-34(43)47/h6-7,10-13,26-28,30,35,44H,4-5,8-9,14-25H2,1-3H3,(H,39,49)(H,40,50)(H,41,48)(H,42,45)/t27-,28?,30?,35?/m0/s1. The largest absolute Gasteiger partial charge is 0.392 e. The quantitative estimate of drug-likeness (QED) is 0.0703. The van der Waals surface area contributed by atoms with Crippen LogP contribution in [0.15, 0.2) is 36.4 Å². The van der Waals surface area contributed by atoms with Gasteiger partial charge in [0.05, 0.1) is 59.5 Å². The van der Waals surface area contributed by atoms with Gasteiger partial charge in [0, 0.05) is 43.3 Å². The molecule has 1 aliphatic carbocycles. The number of benzene rings is 1. The SMILES string of the molecule is CC(C)C(NC(=O)CCOCCOCCOCCOCCNC(=O)C1CCC(CN2C(=O)C=CC2=O)CC1)C(=O)N[C@@H](C)C(=O)Nc1ccc(CO)cc1. The Labute approximate surface area is 317 Å². The number of nitrogens with zero attached hydrogens (tertiary/aromatic N) is 1. The van der Waals surface area contributed by atoms with Crippen LogP contribution in [0.2, 0.25) is 0 Å². The van der Waals surface area contributed by atoms with Crippen LogP contribution in [0.4, 0.5) is 5.69 Å². The van der Waals surface area contributed by atoms with Gasteiger partial charge >= 0.3 is 0 Å². The Hall–Kier alpha value is -4.22. The number of imide groups is 1. The summed E-state index contributed by atoms with van der Waals surface area (Å²) in [5, 5.41) is 20.2. The minimum Gasteiger partial charge on any atom is -0.392 e. The molecule has 300 valence electrons. The number of carbonyl (C=O) groups excluding carboxylic acids is 6. The van der Waals surface area contributed by atoms with Crippen LogP contribution in [-0.2, 0) is 54.3 Å². The van der Waals surface area contributed by atoms with Crippen molar-refractivity contribution in [1.29, 1.82) is 0 Å². The molecule has 2 aliphatic rings. The zero-order valence-electron chi connectivity index (χ0n) is 31.6. The number of aliphatic hydroxyl groups is 1. The third kappa shape index (κ3) is 16.0. The first-order valence-corrected chi connectivity index (χ1v) is 18.7. The van der Waals surface area contributed by atoms with E-state index in [9.17, 15) is 28.8 Å². The van der Waals surface area contributed by atoms with Crippen molar-refractivity contribution in [3.8, 4) is 0 Å². The molecule has 1 heterocycles. The first-order valence-electron chi connectivity index (χ1n) is 18.7. The van der Waals surface area contributed by atoms with Gasteiger partial charge in [0.2, 0.25) is 23.6 Å². The Balaban J connectivity index is 1.11. The lowest BCUT2D eigenvalue weighted by Gasteiger charge is -2.30. The summed E-state index contributed by atoms with van der Waals surface area (Å²) in [7, 11) is 0. The van der Waals surface area contributed by atoms with E-state index < -0.39 is 23.9 Å². The fraction of sp³-hybridized carbons (Fsp3) is 0.632. The van der Waals surface area contributed by atoms with E-state index in [1.54, 1.807) is 45.0 Å². The van der Waals surface area contributed by atoms with Crippen LogP contribution in [0, 0.1) is 17.8 Å². The van der Waals surface area contributed by atoms with Crippen LogP contribution >= 0.6 is 0 Å². The molecule has 0 saturated heterocycles. The van der Waals surface area contributed by atoms with Gasteiger partial charge in [-0.05, 0) is 62.1 Å². The molecule has 1 aromatic carbocycles. The van der Waals surface area contributed by atoms with Gasteiger partial charge in [-0.2, -0.15) is 0 Å². The normalized spacial score (nSPS) is 18.1. The lowest BCUT2D eigenvalue weighted by Crippen LogP contribution is -2.53. The average Bonchev–Trinajstić information content (AvgIpc) is 3.47. The van der Waals surface area contributed by atoms with Gasteiger partial charge in [-0.15, -0.1) is 0 Å². The third-order valence-electron chi connectivity index (χ3n) is 9.12. The van der Waals surface area contributed by atoms with E-state index in [1.807, 2.05) is 0 Å². The number of amides is 6. The summed E-state index contributed by atoms with van der Waals surface area (Å²) in [6.45, 7) is 8.49. The summed E-state index contributed by atoms with van der Waals surface area (Å²) in [6, 6.07) is 5.01. The maximum Gasteiger partial charge on any atom is 0.253 e. The van der Waals surface area contributed by atoms with Crippen LogP contribution in [0.1, 0.15) is 58.4 Å². The molecule has 3 rings (SSSR count). The van der Waals surface area contributed by atoms with E-state index in [2.05, 4.69) is 21.3 Å². The predicted molar refractivity (Wildman–Crippen MR) is 198 cm³/mol. The van der Waals surface area contributed by atoms with Crippen molar-refractivity contribution in [2.24, 2.45) is 17.8 Å².